The summed E-state index contributed by atoms with van der Waals surface area (Å²) in [6, 6.07) is 21.8. The van der Waals surface area contributed by atoms with Crippen molar-refractivity contribution in [2.45, 2.75) is 18.9 Å². The molecule has 2 atom stereocenters. The highest BCUT2D eigenvalue weighted by molar-refractivity contribution is 6.30. The van der Waals surface area contributed by atoms with Gasteiger partial charge in [-0.05, 0) is 48.4 Å². The van der Waals surface area contributed by atoms with Crippen LogP contribution in [0.15, 0.2) is 89.9 Å². The van der Waals surface area contributed by atoms with Gasteiger partial charge in [-0.2, -0.15) is 0 Å². The number of amides is 2. The molecule has 0 saturated heterocycles. The number of hydrogen-bond donors (Lipinski definition) is 2. The average molecular weight is 460 g/mol. The van der Waals surface area contributed by atoms with Crippen molar-refractivity contribution in [1.29, 1.82) is 0 Å². The van der Waals surface area contributed by atoms with Gasteiger partial charge in [0.25, 0.3) is 5.56 Å². The van der Waals surface area contributed by atoms with E-state index in [4.69, 9.17) is 17.3 Å². The summed E-state index contributed by atoms with van der Waals surface area (Å²) in [4.78, 5) is 38.4. The van der Waals surface area contributed by atoms with Crippen LogP contribution in [0.4, 0.5) is 5.69 Å². The molecule has 0 aliphatic rings. The van der Waals surface area contributed by atoms with Gasteiger partial charge in [-0.25, -0.2) is 0 Å². The van der Waals surface area contributed by atoms with Crippen LogP contribution in [0.25, 0.3) is 10.8 Å². The van der Waals surface area contributed by atoms with Crippen LogP contribution in [0.2, 0.25) is 5.02 Å². The number of aromatic nitrogens is 1. The number of nitrogens with zero attached hydrogens (tertiary/aromatic N) is 1. The molecule has 0 fully saturated rings. The maximum Gasteiger partial charge on any atom is 0.259 e. The first-order valence-electron chi connectivity index (χ1n) is 10.4. The Morgan fingerprint density at radius 1 is 0.879 bits per heavy atom. The third-order valence-electron chi connectivity index (χ3n) is 5.66. The third-order valence-corrected chi connectivity index (χ3v) is 5.91. The maximum absolute atomic E-state index is 13.3. The quantitative estimate of drug-likeness (QED) is 0.445. The second-order valence-electron chi connectivity index (χ2n) is 7.77. The zero-order valence-electron chi connectivity index (χ0n) is 17.9. The molecule has 1 heterocycles. The number of nitrogens with one attached hydrogen (secondary N) is 1. The molecule has 0 unspecified atom stereocenters. The topological polar surface area (TPSA) is 94.2 Å². The largest absolute Gasteiger partial charge is 0.368 e. The Hall–Kier alpha value is -3.90. The molecular formula is C26H22ClN3O3. The van der Waals surface area contributed by atoms with Gasteiger partial charge in [-0.1, -0.05) is 60.1 Å². The van der Waals surface area contributed by atoms with Crippen molar-refractivity contribution in [2.24, 2.45) is 5.73 Å². The maximum atomic E-state index is 13.3. The minimum absolute atomic E-state index is 0.215. The Morgan fingerprint density at radius 3 is 2.24 bits per heavy atom. The number of halogens is 1. The van der Waals surface area contributed by atoms with Crippen molar-refractivity contribution < 1.29 is 9.59 Å². The first-order chi connectivity index (χ1) is 15.9. The molecule has 1 aromatic heterocycles. The lowest BCUT2D eigenvalue weighted by Crippen LogP contribution is -2.34. The molecule has 4 rings (SSSR count). The summed E-state index contributed by atoms with van der Waals surface area (Å²) in [7, 11) is 0. The van der Waals surface area contributed by atoms with E-state index in [-0.39, 0.29) is 11.5 Å². The molecule has 0 aliphatic heterocycles. The van der Waals surface area contributed by atoms with Crippen LogP contribution in [-0.4, -0.2) is 16.4 Å². The van der Waals surface area contributed by atoms with E-state index >= 15 is 0 Å². The molecule has 3 aromatic carbocycles. The van der Waals surface area contributed by atoms with E-state index in [2.05, 4.69) is 5.32 Å². The van der Waals surface area contributed by atoms with Crippen molar-refractivity contribution in [2.75, 3.05) is 5.32 Å². The number of fused-ring (bicyclic) bond motifs is 1. The number of pyridine rings is 1. The molecule has 6 nitrogen and oxygen atoms in total. The average Bonchev–Trinajstić information content (AvgIpc) is 2.81. The van der Waals surface area contributed by atoms with E-state index in [1.54, 1.807) is 67.6 Å². The van der Waals surface area contributed by atoms with Crippen molar-refractivity contribution in [3.05, 3.63) is 112 Å². The van der Waals surface area contributed by atoms with Crippen molar-refractivity contribution in [3.63, 3.8) is 0 Å². The zero-order valence-corrected chi connectivity index (χ0v) is 18.6. The number of carbonyl (C=O) groups is 2. The predicted octanol–water partition coefficient (Wildman–Crippen LogP) is 4.47. The Kier molecular flexibility index (Phi) is 6.29. The van der Waals surface area contributed by atoms with Crippen LogP contribution in [-0.2, 0) is 9.59 Å². The van der Waals surface area contributed by atoms with Crippen molar-refractivity contribution in [3.8, 4) is 0 Å². The SMILES string of the molecule is C[C@@H](C(=O)Nc1cccc2c(=O)n([C@@H](C(N)=O)c3ccccc3)ccc12)c1ccc(Cl)cc1. The van der Waals surface area contributed by atoms with Crippen molar-refractivity contribution in [1.82, 2.24) is 4.57 Å². The predicted molar refractivity (Wildman–Crippen MR) is 130 cm³/mol. The lowest BCUT2D eigenvalue weighted by Gasteiger charge is -2.19. The van der Waals surface area contributed by atoms with Crippen molar-refractivity contribution >= 4 is 39.9 Å². The summed E-state index contributed by atoms with van der Waals surface area (Å²) >= 11 is 5.94. The number of nitrogens with two attached hydrogens (primary N) is 1. The lowest BCUT2D eigenvalue weighted by atomic mass is 10.00. The summed E-state index contributed by atoms with van der Waals surface area (Å²) in [5, 5.41) is 4.46. The van der Waals surface area contributed by atoms with Gasteiger partial charge in [-0.3, -0.25) is 19.0 Å². The normalized spacial score (nSPS) is 12.8. The fraction of sp³-hybridized carbons (Fsp3) is 0.115. The molecule has 2 amide bonds. The molecule has 0 aliphatic carbocycles. The summed E-state index contributed by atoms with van der Waals surface area (Å²) in [6.45, 7) is 1.80. The molecular weight excluding hydrogens is 438 g/mol. The molecule has 166 valence electrons. The van der Waals surface area contributed by atoms with E-state index in [9.17, 15) is 14.4 Å². The minimum Gasteiger partial charge on any atom is -0.368 e. The van der Waals surface area contributed by atoms with Gasteiger partial charge in [0.05, 0.1) is 5.92 Å². The third kappa shape index (κ3) is 4.52. The van der Waals surface area contributed by atoms with Gasteiger partial charge in [0.2, 0.25) is 11.8 Å². The summed E-state index contributed by atoms with van der Waals surface area (Å²) in [5.41, 5.74) is 7.23. The smallest absolute Gasteiger partial charge is 0.259 e. The van der Waals surface area contributed by atoms with Gasteiger partial charge in [0.1, 0.15) is 6.04 Å². The van der Waals surface area contributed by atoms with Crippen LogP contribution in [0.1, 0.15) is 30.0 Å². The monoisotopic (exact) mass is 459 g/mol. The second kappa shape index (κ2) is 9.30. The van der Waals surface area contributed by atoms with E-state index in [1.165, 1.54) is 10.8 Å². The number of hydrogen-bond acceptors (Lipinski definition) is 3. The first kappa shape index (κ1) is 22.3. The zero-order chi connectivity index (χ0) is 23.5. The van der Waals surface area contributed by atoms with E-state index in [0.717, 1.165) is 5.56 Å². The molecule has 0 bridgehead atoms. The van der Waals surface area contributed by atoms with E-state index < -0.39 is 17.9 Å². The Balaban J connectivity index is 1.70. The molecule has 7 heteroatoms. The van der Waals surface area contributed by atoms with Gasteiger partial charge in [-0.15, -0.1) is 0 Å². The highest BCUT2D eigenvalue weighted by Crippen LogP contribution is 2.26. The first-order valence-corrected chi connectivity index (χ1v) is 10.8. The molecule has 0 saturated carbocycles. The number of primary amides is 1. The van der Waals surface area contributed by atoms with Gasteiger partial charge < -0.3 is 11.1 Å². The molecule has 0 spiro atoms. The second-order valence-corrected chi connectivity index (χ2v) is 8.21. The van der Waals surface area contributed by atoms with Gasteiger partial charge >= 0.3 is 0 Å². The Labute approximate surface area is 195 Å². The van der Waals surface area contributed by atoms with Gasteiger partial charge in [0.15, 0.2) is 0 Å². The molecule has 4 aromatic rings. The van der Waals surface area contributed by atoms with E-state index in [0.29, 0.717) is 27.0 Å². The fourth-order valence-corrected chi connectivity index (χ4v) is 3.97. The highest BCUT2D eigenvalue weighted by atomic mass is 35.5. The summed E-state index contributed by atoms with van der Waals surface area (Å²) < 4.78 is 1.32. The summed E-state index contributed by atoms with van der Waals surface area (Å²) in [6.07, 6.45) is 1.53. The summed E-state index contributed by atoms with van der Waals surface area (Å²) in [5.74, 6) is -1.27. The molecule has 3 N–H and O–H groups in total. The highest BCUT2D eigenvalue weighted by Gasteiger charge is 2.22. The number of rotatable bonds is 6. The number of benzene rings is 3. The van der Waals surface area contributed by atoms with Crippen LogP contribution in [0, 0.1) is 0 Å². The number of carbonyl (C=O) groups excluding carboxylic acids is 2. The standard InChI is InChI=1S/C26H22ClN3O3/c1-16(17-10-12-19(27)13-11-17)25(32)29-22-9-5-8-21-20(22)14-15-30(26(21)33)23(24(28)31)18-6-3-2-4-7-18/h2-16,23H,1H3,(H2,28,31)(H,29,32)/t16-,23-/m1/s1. The minimum atomic E-state index is -0.939. The van der Waals surface area contributed by atoms with E-state index in [1.807, 2.05) is 18.2 Å². The Bertz CT molecular complexity index is 1380. The lowest BCUT2D eigenvalue weighted by molar-refractivity contribution is -0.120. The Morgan fingerprint density at radius 2 is 1.58 bits per heavy atom. The fourth-order valence-electron chi connectivity index (χ4n) is 3.85. The van der Waals surface area contributed by atoms with Gasteiger partial charge in [0, 0.05) is 27.7 Å². The van der Waals surface area contributed by atoms with Crippen LogP contribution in [0.5, 0.6) is 0 Å². The molecule has 0 radical (unpaired) electrons. The van der Waals surface area contributed by atoms with Crippen LogP contribution >= 0.6 is 11.6 Å². The number of anilines is 1. The molecule has 33 heavy (non-hydrogen) atoms. The van der Waals surface area contributed by atoms with Crippen LogP contribution < -0.4 is 16.6 Å². The van der Waals surface area contributed by atoms with Crippen LogP contribution in [0.3, 0.4) is 0 Å².